The highest BCUT2D eigenvalue weighted by molar-refractivity contribution is 7.18. The van der Waals surface area contributed by atoms with Gasteiger partial charge in [0.25, 0.3) is 0 Å². The van der Waals surface area contributed by atoms with E-state index in [1.165, 1.54) is 32.1 Å². The molecule has 1 aromatic carbocycles. The average Bonchev–Trinajstić information content (AvgIpc) is 3.26. The second kappa shape index (κ2) is 13.2. The number of hydrogen-bond donors (Lipinski definition) is 0. The molecular formula is C33H42N4O2S. The van der Waals surface area contributed by atoms with E-state index in [0.29, 0.717) is 5.92 Å². The van der Waals surface area contributed by atoms with Crippen molar-refractivity contribution >= 4 is 44.8 Å². The van der Waals surface area contributed by atoms with E-state index in [0.717, 1.165) is 69.4 Å². The number of dihydropyridines is 1. The second-order valence-corrected chi connectivity index (χ2v) is 12.6. The fourth-order valence-electron chi connectivity index (χ4n) is 5.74. The Morgan fingerprint density at radius 2 is 2.05 bits per heavy atom. The Morgan fingerprint density at radius 3 is 2.85 bits per heavy atom. The molecule has 0 spiro atoms. The zero-order valence-electron chi connectivity index (χ0n) is 24.4. The van der Waals surface area contributed by atoms with Gasteiger partial charge in [0.15, 0.2) is 5.78 Å². The number of carbonyl (C=O) groups excluding carboxylic acids is 1. The molecule has 1 saturated heterocycles. The monoisotopic (exact) mass is 558 g/mol. The zero-order valence-corrected chi connectivity index (χ0v) is 25.2. The third kappa shape index (κ3) is 6.87. The number of carbonyl (C=O) groups is 1. The van der Waals surface area contributed by atoms with Crippen LogP contribution in [0.1, 0.15) is 80.6 Å². The average molecular weight is 559 g/mol. The molecule has 212 valence electrons. The molecule has 2 aliphatic rings. The minimum absolute atomic E-state index is 0.0933. The van der Waals surface area contributed by atoms with Gasteiger partial charge >= 0.3 is 0 Å². The molecule has 0 radical (unpaired) electrons. The Bertz CT molecular complexity index is 1390. The number of aliphatic imine (C=N–C) groups is 1. The van der Waals surface area contributed by atoms with Gasteiger partial charge in [0, 0.05) is 55.3 Å². The topological polar surface area (TPSA) is 67.7 Å². The summed E-state index contributed by atoms with van der Waals surface area (Å²) in [6, 6.07) is 8.76. The number of ketones is 1. The van der Waals surface area contributed by atoms with E-state index in [4.69, 9.17) is 14.7 Å². The summed E-state index contributed by atoms with van der Waals surface area (Å²) < 4.78 is 6.88. The fraction of sp³-hybridized carbons (Fsp3) is 0.515. The first-order valence-electron chi connectivity index (χ1n) is 14.8. The smallest absolute Gasteiger partial charge is 0.161 e. The van der Waals surface area contributed by atoms with Gasteiger partial charge in [-0.3, -0.25) is 14.8 Å². The molecule has 3 aromatic rings. The Hall–Kier alpha value is -2.90. The fourth-order valence-corrected chi connectivity index (χ4v) is 6.89. The van der Waals surface area contributed by atoms with Crippen LogP contribution >= 0.6 is 11.3 Å². The summed E-state index contributed by atoms with van der Waals surface area (Å²) in [4.78, 5) is 29.1. The number of ether oxygens (including phenoxy) is 1. The summed E-state index contributed by atoms with van der Waals surface area (Å²) >= 11 is 1.84. The van der Waals surface area contributed by atoms with E-state index in [1.54, 1.807) is 0 Å². The van der Waals surface area contributed by atoms with Crippen LogP contribution < -0.4 is 4.90 Å². The Kier molecular flexibility index (Phi) is 9.43. The number of fused-ring (bicyclic) bond motifs is 1. The van der Waals surface area contributed by atoms with Crippen LogP contribution in [0.5, 0.6) is 0 Å². The van der Waals surface area contributed by atoms with Crippen LogP contribution in [0.25, 0.3) is 15.8 Å². The SMILES string of the molecule is Cc1c(C2=CC=NCC2)ccc2nc(C(C)CCc3cc(N4CCCC(C(=O)COC(C)C)CC4)ccn3)sc12. The summed E-state index contributed by atoms with van der Waals surface area (Å²) in [6.07, 6.45) is 11.9. The first-order chi connectivity index (χ1) is 19.4. The molecular weight excluding hydrogens is 516 g/mol. The number of thiazole rings is 1. The molecule has 0 saturated carbocycles. The molecule has 0 amide bonds. The van der Waals surface area contributed by atoms with Crippen LogP contribution in [0, 0.1) is 12.8 Å². The highest BCUT2D eigenvalue weighted by Crippen LogP contribution is 2.36. The summed E-state index contributed by atoms with van der Waals surface area (Å²) in [6.45, 7) is 11.5. The molecule has 0 aliphatic carbocycles. The van der Waals surface area contributed by atoms with Gasteiger partial charge in [0.05, 0.1) is 21.3 Å². The molecule has 0 bridgehead atoms. The third-order valence-corrected chi connectivity index (χ3v) is 9.64. The molecule has 4 heterocycles. The van der Waals surface area contributed by atoms with Crippen molar-refractivity contribution in [2.45, 2.75) is 78.2 Å². The Morgan fingerprint density at radius 1 is 1.18 bits per heavy atom. The summed E-state index contributed by atoms with van der Waals surface area (Å²) in [5.74, 6) is 0.721. The molecule has 2 unspecified atom stereocenters. The molecule has 2 aliphatic heterocycles. The highest BCUT2D eigenvalue weighted by Gasteiger charge is 2.24. The molecule has 6 nitrogen and oxygen atoms in total. The van der Waals surface area contributed by atoms with Crippen LogP contribution in [0.15, 0.2) is 41.5 Å². The molecule has 1 fully saturated rings. The predicted octanol–water partition coefficient (Wildman–Crippen LogP) is 7.19. The number of allylic oxidation sites excluding steroid dienone is 1. The van der Waals surface area contributed by atoms with E-state index >= 15 is 0 Å². The van der Waals surface area contributed by atoms with E-state index in [2.05, 4.69) is 54.1 Å². The maximum Gasteiger partial charge on any atom is 0.161 e. The molecule has 0 N–H and O–H groups in total. The first kappa shape index (κ1) is 28.6. The Labute approximate surface area is 242 Å². The molecule has 7 heteroatoms. The minimum atomic E-state index is 0.0933. The lowest BCUT2D eigenvalue weighted by atomic mass is 9.96. The lowest BCUT2D eigenvalue weighted by Gasteiger charge is -2.23. The van der Waals surface area contributed by atoms with Gasteiger partial charge in [0.1, 0.15) is 6.61 Å². The number of benzene rings is 1. The van der Waals surface area contributed by atoms with Crippen molar-refractivity contribution < 1.29 is 9.53 Å². The highest BCUT2D eigenvalue weighted by atomic mass is 32.1. The summed E-state index contributed by atoms with van der Waals surface area (Å²) in [5.41, 5.74) is 7.47. The van der Waals surface area contributed by atoms with Crippen LogP contribution in [-0.4, -0.2) is 54.3 Å². The van der Waals surface area contributed by atoms with E-state index in [-0.39, 0.29) is 24.4 Å². The summed E-state index contributed by atoms with van der Waals surface area (Å²) in [5, 5.41) is 1.20. The normalized spacial score (nSPS) is 18.7. The van der Waals surface area contributed by atoms with Crippen molar-refractivity contribution in [3.8, 4) is 0 Å². The predicted molar refractivity (Wildman–Crippen MR) is 167 cm³/mol. The van der Waals surface area contributed by atoms with Crippen molar-refractivity contribution in [1.82, 2.24) is 9.97 Å². The number of anilines is 1. The van der Waals surface area contributed by atoms with Crippen molar-refractivity contribution in [2.24, 2.45) is 10.9 Å². The maximum atomic E-state index is 12.6. The lowest BCUT2D eigenvalue weighted by Crippen LogP contribution is -2.26. The van der Waals surface area contributed by atoms with Gasteiger partial charge in [-0.25, -0.2) is 4.98 Å². The molecule has 40 heavy (non-hydrogen) atoms. The van der Waals surface area contributed by atoms with Crippen molar-refractivity contribution in [3.05, 3.63) is 58.4 Å². The maximum absolute atomic E-state index is 12.6. The van der Waals surface area contributed by atoms with Crippen molar-refractivity contribution in [1.29, 1.82) is 0 Å². The molecule has 2 atom stereocenters. The Balaban J connectivity index is 1.20. The number of nitrogens with zero attached hydrogens (tertiary/aromatic N) is 4. The molecule has 2 aromatic heterocycles. The number of Topliss-reactive ketones (excluding diaryl/α,β-unsaturated/α-hetero) is 1. The first-order valence-corrected chi connectivity index (χ1v) is 15.6. The van der Waals surface area contributed by atoms with Crippen molar-refractivity contribution in [2.75, 3.05) is 31.1 Å². The number of rotatable bonds is 10. The number of aryl methyl sites for hydroxylation is 2. The van der Waals surface area contributed by atoms with E-state index < -0.39 is 0 Å². The molecule has 5 rings (SSSR count). The van der Waals surface area contributed by atoms with Gasteiger partial charge in [-0.2, -0.15) is 0 Å². The van der Waals surface area contributed by atoms with Gasteiger partial charge in [-0.15, -0.1) is 11.3 Å². The standard InChI is InChI=1S/C33H42N4O2S/c1-22(2)39-21-31(38)26-6-5-18-37(19-14-26)28-13-17-35-27(20-28)8-7-23(3)33-36-30-10-9-29(24(4)32(30)40-33)25-11-15-34-16-12-25/h9-11,13,15,17,20,22-23,26H,5-8,12,14,16,18-19,21H2,1-4H3. The second-order valence-electron chi connectivity index (χ2n) is 11.5. The van der Waals surface area contributed by atoms with Gasteiger partial charge in [0.2, 0.25) is 0 Å². The quantitative estimate of drug-likeness (QED) is 0.263. The third-order valence-electron chi connectivity index (χ3n) is 8.22. The number of hydrogen-bond acceptors (Lipinski definition) is 7. The van der Waals surface area contributed by atoms with Crippen LogP contribution in [-0.2, 0) is 16.0 Å². The van der Waals surface area contributed by atoms with Crippen LogP contribution in [0.3, 0.4) is 0 Å². The van der Waals surface area contributed by atoms with Crippen molar-refractivity contribution in [3.63, 3.8) is 0 Å². The largest absolute Gasteiger partial charge is 0.371 e. The zero-order chi connectivity index (χ0) is 28.1. The van der Waals surface area contributed by atoms with Gasteiger partial charge < -0.3 is 9.64 Å². The van der Waals surface area contributed by atoms with E-state index in [1.807, 2.05) is 37.6 Å². The van der Waals surface area contributed by atoms with Crippen LogP contribution in [0.2, 0.25) is 0 Å². The van der Waals surface area contributed by atoms with Gasteiger partial charge in [-0.05, 0) is 100 Å². The van der Waals surface area contributed by atoms with Crippen LogP contribution in [0.4, 0.5) is 5.69 Å². The number of aromatic nitrogens is 2. The minimum Gasteiger partial charge on any atom is -0.371 e. The number of pyridine rings is 1. The van der Waals surface area contributed by atoms with E-state index in [9.17, 15) is 4.79 Å². The summed E-state index contributed by atoms with van der Waals surface area (Å²) in [7, 11) is 0. The van der Waals surface area contributed by atoms with Gasteiger partial charge in [-0.1, -0.05) is 13.0 Å². The lowest BCUT2D eigenvalue weighted by molar-refractivity contribution is -0.129.